The highest BCUT2D eigenvalue weighted by Crippen LogP contribution is 2.29. The number of benzene rings is 1. The summed E-state index contributed by atoms with van der Waals surface area (Å²) in [4.78, 5) is 20.6. The fourth-order valence-corrected chi connectivity index (χ4v) is 2.72. The fourth-order valence-electron chi connectivity index (χ4n) is 2.72. The predicted molar refractivity (Wildman–Crippen MR) is 116 cm³/mol. The third-order valence-electron chi connectivity index (χ3n) is 4.20. The van der Waals surface area contributed by atoms with Crippen LogP contribution in [0.25, 0.3) is 11.9 Å². The Kier molecular flexibility index (Phi) is 7.60. The van der Waals surface area contributed by atoms with Gasteiger partial charge in [0, 0.05) is 31.2 Å². The van der Waals surface area contributed by atoms with Gasteiger partial charge in [-0.15, -0.1) is 0 Å². The molecule has 2 heterocycles. The molecule has 0 aliphatic carbocycles. The highest BCUT2D eigenvalue weighted by Gasteiger charge is 2.06. The van der Waals surface area contributed by atoms with Crippen LogP contribution in [0, 0.1) is 0 Å². The van der Waals surface area contributed by atoms with Crippen molar-refractivity contribution >= 4 is 12.0 Å². The van der Waals surface area contributed by atoms with Crippen molar-refractivity contribution in [3.05, 3.63) is 72.5 Å². The minimum absolute atomic E-state index is 0.182. The minimum Gasteiger partial charge on any atom is -0.490 e. The normalized spacial score (nSPS) is 10.9. The van der Waals surface area contributed by atoms with Gasteiger partial charge in [0.05, 0.1) is 13.2 Å². The van der Waals surface area contributed by atoms with Crippen LogP contribution in [-0.2, 0) is 11.3 Å². The second-order valence-electron chi connectivity index (χ2n) is 6.53. The third-order valence-corrected chi connectivity index (χ3v) is 4.20. The quantitative estimate of drug-likeness (QED) is 0.519. The lowest BCUT2D eigenvalue weighted by Crippen LogP contribution is -2.20. The Balaban J connectivity index is 1.55. The topological polar surface area (TPSA) is 78.3 Å². The van der Waals surface area contributed by atoms with Gasteiger partial charge in [-0.1, -0.05) is 19.1 Å². The molecule has 0 bridgehead atoms. The molecule has 30 heavy (non-hydrogen) atoms. The van der Waals surface area contributed by atoms with Gasteiger partial charge in [-0.2, -0.15) is 0 Å². The van der Waals surface area contributed by atoms with E-state index >= 15 is 0 Å². The first-order chi connectivity index (χ1) is 14.7. The number of aromatic nitrogens is 3. The second kappa shape index (κ2) is 10.8. The maximum absolute atomic E-state index is 12.2. The highest BCUT2D eigenvalue weighted by atomic mass is 16.5. The third kappa shape index (κ3) is 5.94. The summed E-state index contributed by atoms with van der Waals surface area (Å²) in [6.45, 7) is 5.56. The van der Waals surface area contributed by atoms with Gasteiger partial charge < -0.3 is 14.8 Å². The summed E-state index contributed by atoms with van der Waals surface area (Å²) in [6, 6.07) is 9.45. The van der Waals surface area contributed by atoms with E-state index in [2.05, 4.69) is 22.2 Å². The summed E-state index contributed by atoms with van der Waals surface area (Å²) in [6.07, 6.45) is 11.1. The Morgan fingerprint density at radius 2 is 2.07 bits per heavy atom. The number of imidazole rings is 1. The summed E-state index contributed by atoms with van der Waals surface area (Å²) >= 11 is 0. The van der Waals surface area contributed by atoms with Gasteiger partial charge >= 0.3 is 0 Å². The van der Waals surface area contributed by atoms with Gasteiger partial charge in [0.15, 0.2) is 11.5 Å². The number of nitrogens with one attached hydrogen (secondary N) is 1. The van der Waals surface area contributed by atoms with E-state index in [1.54, 1.807) is 24.8 Å². The van der Waals surface area contributed by atoms with Crippen molar-refractivity contribution in [3.8, 4) is 17.3 Å². The number of amides is 1. The van der Waals surface area contributed by atoms with Crippen LogP contribution in [0.5, 0.6) is 11.5 Å². The zero-order valence-corrected chi connectivity index (χ0v) is 17.2. The first kappa shape index (κ1) is 21.1. The largest absolute Gasteiger partial charge is 0.490 e. The molecule has 2 aromatic heterocycles. The smallest absolute Gasteiger partial charge is 0.244 e. The Morgan fingerprint density at radius 3 is 2.77 bits per heavy atom. The number of rotatable bonds is 10. The van der Waals surface area contributed by atoms with E-state index in [9.17, 15) is 4.79 Å². The van der Waals surface area contributed by atoms with Crippen molar-refractivity contribution in [2.24, 2.45) is 0 Å². The number of hydrogen-bond acceptors (Lipinski definition) is 5. The number of pyridine rings is 1. The van der Waals surface area contributed by atoms with Crippen molar-refractivity contribution < 1.29 is 14.3 Å². The molecule has 0 aliphatic rings. The van der Waals surface area contributed by atoms with Gasteiger partial charge in [0.2, 0.25) is 5.91 Å². The SMILES string of the molecule is CCCOc1ccc(/C=C/C(=O)NCc2ccc(-n3ccnc3)nc2)cc1OCC. The van der Waals surface area contributed by atoms with Crippen molar-refractivity contribution in [2.45, 2.75) is 26.8 Å². The zero-order valence-electron chi connectivity index (χ0n) is 17.2. The van der Waals surface area contributed by atoms with Crippen LogP contribution in [0.3, 0.4) is 0 Å². The van der Waals surface area contributed by atoms with E-state index in [1.165, 1.54) is 6.08 Å². The summed E-state index contributed by atoms with van der Waals surface area (Å²) < 4.78 is 13.2. The maximum atomic E-state index is 12.2. The van der Waals surface area contributed by atoms with E-state index in [1.807, 2.05) is 48.0 Å². The van der Waals surface area contributed by atoms with Crippen LogP contribution in [-0.4, -0.2) is 33.7 Å². The monoisotopic (exact) mass is 406 g/mol. The van der Waals surface area contributed by atoms with Crippen LogP contribution in [0.2, 0.25) is 0 Å². The molecule has 3 aromatic rings. The molecule has 0 atom stereocenters. The molecule has 0 saturated heterocycles. The molecular formula is C23H26N4O3. The maximum Gasteiger partial charge on any atom is 0.244 e. The summed E-state index contributed by atoms with van der Waals surface area (Å²) in [5, 5.41) is 2.86. The number of hydrogen-bond donors (Lipinski definition) is 1. The zero-order chi connectivity index (χ0) is 21.2. The van der Waals surface area contributed by atoms with Crippen LogP contribution < -0.4 is 14.8 Å². The molecule has 0 spiro atoms. The number of carbonyl (C=O) groups excluding carboxylic acids is 1. The molecule has 1 N–H and O–H groups in total. The molecule has 7 heteroatoms. The van der Waals surface area contributed by atoms with Crippen LogP contribution in [0.15, 0.2) is 61.3 Å². The molecular weight excluding hydrogens is 380 g/mol. The van der Waals surface area contributed by atoms with Crippen molar-refractivity contribution in [1.82, 2.24) is 19.9 Å². The lowest BCUT2D eigenvalue weighted by Gasteiger charge is -2.12. The molecule has 7 nitrogen and oxygen atoms in total. The van der Waals surface area contributed by atoms with E-state index in [-0.39, 0.29) is 5.91 Å². The van der Waals surface area contributed by atoms with Gasteiger partial charge in [-0.25, -0.2) is 9.97 Å². The molecule has 0 unspecified atom stereocenters. The lowest BCUT2D eigenvalue weighted by atomic mass is 10.2. The molecule has 0 aliphatic heterocycles. The molecule has 0 fully saturated rings. The summed E-state index contributed by atoms with van der Waals surface area (Å²) in [5.41, 5.74) is 1.78. The highest BCUT2D eigenvalue weighted by molar-refractivity contribution is 5.91. The van der Waals surface area contributed by atoms with E-state index in [0.29, 0.717) is 31.3 Å². The summed E-state index contributed by atoms with van der Waals surface area (Å²) in [7, 11) is 0. The molecule has 1 aromatic carbocycles. The second-order valence-corrected chi connectivity index (χ2v) is 6.53. The van der Waals surface area contributed by atoms with E-state index in [4.69, 9.17) is 9.47 Å². The molecule has 0 radical (unpaired) electrons. The molecule has 156 valence electrons. The minimum atomic E-state index is -0.182. The average molecular weight is 406 g/mol. The summed E-state index contributed by atoms with van der Waals surface area (Å²) in [5.74, 6) is 1.99. The molecule has 1 amide bonds. The van der Waals surface area contributed by atoms with Crippen LogP contribution in [0.1, 0.15) is 31.4 Å². The van der Waals surface area contributed by atoms with E-state index in [0.717, 1.165) is 23.4 Å². The first-order valence-corrected chi connectivity index (χ1v) is 9.98. The fraction of sp³-hybridized carbons (Fsp3) is 0.261. The number of ether oxygens (including phenoxy) is 2. The van der Waals surface area contributed by atoms with Gasteiger partial charge in [0.1, 0.15) is 12.1 Å². The van der Waals surface area contributed by atoms with Crippen LogP contribution in [0.4, 0.5) is 0 Å². The standard InChI is InChI=1S/C23H26N4O3/c1-3-13-30-20-8-5-18(14-21(20)29-4-2)7-10-23(28)26-16-19-6-9-22(25-15-19)27-12-11-24-17-27/h5-12,14-15,17H,3-4,13,16H2,1-2H3,(H,26,28)/b10-7+. The number of carbonyl (C=O) groups is 1. The van der Waals surface area contributed by atoms with Crippen molar-refractivity contribution in [2.75, 3.05) is 13.2 Å². The number of nitrogens with zero attached hydrogens (tertiary/aromatic N) is 3. The van der Waals surface area contributed by atoms with Gasteiger partial charge in [0.25, 0.3) is 0 Å². The van der Waals surface area contributed by atoms with E-state index < -0.39 is 0 Å². The molecule has 0 saturated carbocycles. The van der Waals surface area contributed by atoms with Gasteiger partial charge in [-0.3, -0.25) is 9.36 Å². The van der Waals surface area contributed by atoms with Crippen molar-refractivity contribution in [3.63, 3.8) is 0 Å². The van der Waals surface area contributed by atoms with Crippen LogP contribution >= 0.6 is 0 Å². The Morgan fingerprint density at radius 1 is 1.17 bits per heavy atom. The predicted octanol–water partition coefficient (Wildman–Crippen LogP) is 3.78. The Labute approximate surface area is 176 Å². The Bertz CT molecular complexity index is 967. The lowest BCUT2D eigenvalue weighted by molar-refractivity contribution is -0.116. The molecule has 3 rings (SSSR count). The average Bonchev–Trinajstić information content (AvgIpc) is 3.31. The Hall–Kier alpha value is -3.61. The van der Waals surface area contributed by atoms with Gasteiger partial charge in [-0.05, 0) is 48.7 Å². The van der Waals surface area contributed by atoms with Crippen molar-refractivity contribution in [1.29, 1.82) is 0 Å². The first-order valence-electron chi connectivity index (χ1n) is 9.98.